The minimum absolute atomic E-state index is 0.0409. The third kappa shape index (κ3) is 3.83. The maximum atomic E-state index is 8.77. The van der Waals surface area contributed by atoms with E-state index in [9.17, 15) is 0 Å². The van der Waals surface area contributed by atoms with Crippen molar-refractivity contribution in [3.8, 4) is 0 Å². The number of azide groups is 1. The number of rotatable bonds is 7. The van der Waals surface area contributed by atoms with Crippen molar-refractivity contribution < 1.29 is 28.4 Å². The summed E-state index contributed by atoms with van der Waals surface area (Å²) in [5.74, 6) is 0. The average molecular weight is 345 g/mol. The van der Waals surface area contributed by atoms with Gasteiger partial charge >= 0.3 is 0 Å². The third-order valence-corrected chi connectivity index (χ3v) is 4.87. The summed E-state index contributed by atoms with van der Waals surface area (Å²) in [7, 11) is 4.93. The summed E-state index contributed by atoms with van der Waals surface area (Å²) in [6.07, 6.45) is -1.58. The summed E-state index contributed by atoms with van der Waals surface area (Å²) < 4.78 is 33.8. The van der Waals surface area contributed by atoms with Gasteiger partial charge in [0.25, 0.3) is 0 Å². The Bertz CT molecular complexity index is 456. The molecule has 0 aromatic carbocycles. The Hall–Kier alpha value is -0.930. The van der Waals surface area contributed by atoms with E-state index in [0.29, 0.717) is 13.0 Å². The van der Waals surface area contributed by atoms with Gasteiger partial charge in [-0.2, -0.15) is 0 Å². The fourth-order valence-corrected chi connectivity index (χ4v) is 3.52. The number of methoxy groups -OCH3 is 3. The molecule has 0 bridgehead atoms. The minimum atomic E-state index is -0.742. The number of nitrogens with zero attached hydrogens (tertiary/aromatic N) is 3. The van der Waals surface area contributed by atoms with Crippen LogP contribution in [0, 0.1) is 5.41 Å². The van der Waals surface area contributed by atoms with Gasteiger partial charge < -0.3 is 28.4 Å². The normalized spacial score (nSPS) is 36.5. The molecule has 0 saturated carbocycles. The van der Waals surface area contributed by atoms with Crippen LogP contribution < -0.4 is 0 Å². The molecule has 2 aliphatic heterocycles. The van der Waals surface area contributed by atoms with E-state index in [0.717, 1.165) is 0 Å². The van der Waals surface area contributed by atoms with E-state index < -0.39 is 12.3 Å². The van der Waals surface area contributed by atoms with Gasteiger partial charge in [-0.15, -0.1) is 0 Å². The Labute approximate surface area is 142 Å². The first-order valence-corrected chi connectivity index (χ1v) is 7.97. The molecule has 2 saturated heterocycles. The second-order valence-electron chi connectivity index (χ2n) is 6.63. The molecule has 0 aliphatic carbocycles. The molecule has 2 fully saturated rings. The molecule has 0 unspecified atom stereocenters. The predicted molar refractivity (Wildman–Crippen MR) is 84.3 cm³/mol. The fraction of sp³-hybridized carbons (Fsp3) is 1.00. The first-order chi connectivity index (χ1) is 11.5. The second-order valence-corrected chi connectivity index (χ2v) is 6.63. The molecule has 0 radical (unpaired) electrons. The highest BCUT2D eigenvalue weighted by molar-refractivity contribution is 5.02. The number of hydrogen-bond acceptors (Lipinski definition) is 7. The Kier molecular flexibility index (Phi) is 6.82. The van der Waals surface area contributed by atoms with Gasteiger partial charge in [0.15, 0.2) is 6.23 Å². The van der Waals surface area contributed by atoms with Crippen LogP contribution >= 0.6 is 0 Å². The average Bonchev–Trinajstić information content (AvgIpc) is 2.55. The van der Waals surface area contributed by atoms with Gasteiger partial charge in [0.05, 0.1) is 24.9 Å². The van der Waals surface area contributed by atoms with Crippen molar-refractivity contribution in [3.05, 3.63) is 10.4 Å². The van der Waals surface area contributed by atoms with Gasteiger partial charge in [0, 0.05) is 38.1 Å². The Balaban J connectivity index is 2.25. The SMILES string of the molecule is COC[C@H](C[C@H]1O[C@H]2[C@H](OCO[C@@H]2N=[N+]=[N-])[C@@H](OC)C1(C)C)OC. The highest BCUT2D eigenvalue weighted by atomic mass is 16.7. The van der Waals surface area contributed by atoms with E-state index >= 15 is 0 Å². The van der Waals surface area contributed by atoms with Crippen molar-refractivity contribution in [1.29, 1.82) is 0 Å². The minimum Gasteiger partial charge on any atom is -0.382 e. The molecule has 0 N–H and O–H groups in total. The van der Waals surface area contributed by atoms with Crippen LogP contribution in [0.4, 0.5) is 0 Å². The maximum absolute atomic E-state index is 8.77. The molecular weight excluding hydrogens is 318 g/mol. The van der Waals surface area contributed by atoms with E-state index in [-0.39, 0.29) is 36.6 Å². The van der Waals surface area contributed by atoms with Crippen LogP contribution in [0.2, 0.25) is 0 Å². The smallest absolute Gasteiger partial charge is 0.168 e. The molecular formula is C15H27N3O6. The molecule has 0 aromatic heterocycles. The van der Waals surface area contributed by atoms with E-state index in [2.05, 4.69) is 23.9 Å². The molecule has 6 atom stereocenters. The molecule has 138 valence electrons. The Morgan fingerprint density at radius 3 is 2.58 bits per heavy atom. The molecule has 2 aliphatic rings. The van der Waals surface area contributed by atoms with Crippen molar-refractivity contribution in [2.75, 3.05) is 34.7 Å². The van der Waals surface area contributed by atoms with Crippen LogP contribution in [0.15, 0.2) is 5.11 Å². The number of hydrogen-bond donors (Lipinski definition) is 0. The van der Waals surface area contributed by atoms with Gasteiger partial charge in [-0.05, 0) is 5.53 Å². The van der Waals surface area contributed by atoms with Crippen molar-refractivity contribution >= 4 is 0 Å². The molecule has 9 heteroatoms. The first kappa shape index (κ1) is 19.4. The molecule has 24 heavy (non-hydrogen) atoms. The largest absolute Gasteiger partial charge is 0.382 e. The number of fused-ring (bicyclic) bond motifs is 1. The lowest BCUT2D eigenvalue weighted by Gasteiger charge is -2.53. The van der Waals surface area contributed by atoms with Gasteiger partial charge in [0.2, 0.25) is 0 Å². The standard InChI is InChI=1S/C15H27N3O6/c1-15(2)10(6-9(20-4)7-19-3)24-12-11(13(15)21-5)22-8-23-14(12)17-18-16/h9-14H,6-8H2,1-5H3/t9-,10+,11-,12-,13+,14-/m0/s1. The first-order valence-electron chi connectivity index (χ1n) is 7.97. The quantitative estimate of drug-likeness (QED) is 0.396. The monoisotopic (exact) mass is 345 g/mol. The Morgan fingerprint density at radius 2 is 2.00 bits per heavy atom. The van der Waals surface area contributed by atoms with Crippen molar-refractivity contribution in [3.63, 3.8) is 0 Å². The number of ether oxygens (including phenoxy) is 6. The maximum Gasteiger partial charge on any atom is 0.168 e. The van der Waals surface area contributed by atoms with Gasteiger partial charge in [-0.25, -0.2) is 0 Å². The van der Waals surface area contributed by atoms with E-state index in [1.54, 1.807) is 21.3 Å². The lowest BCUT2D eigenvalue weighted by molar-refractivity contribution is -0.327. The lowest BCUT2D eigenvalue weighted by atomic mass is 9.72. The third-order valence-electron chi connectivity index (χ3n) is 4.87. The second kappa shape index (κ2) is 8.44. The predicted octanol–water partition coefficient (Wildman–Crippen LogP) is 1.86. The van der Waals surface area contributed by atoms with Crippen molar-refractivity contribution in [2.24, 2.45) is 10.5 Å². The van der Waals surface area contributed by atoms with Gasteiger partial charge in [0.1, 0.15) is 19.0 Å². The molecule has 2 heterocycles. The molecule has 0 amide bonds. The summed E-state index contributed by atoms with van der Waals surface area (Å²) in [6.45, 7) is 4.65. The summed E-state index contributed by atoms with van der Waals surface area (Å²) in [4.78, 5) is 2.85. The van der Waals surface area contributed by atoms with E-state index in [1.807, 2.05) is 0 Å². The summed E-state index contributed by atoms with van der Waals surface area (Å²) in [5, 5.41) is 3.70. The van der Waals surface area contributed by atoms with Crippen LogP contribution in [0.1, 0.15) is 20.3 Å². The van der Waals surface area contributed by atoms with Crippen LogP contribution in [0.25, 0.3) is 10.4 Å². The highest BCUT2D eigenvalue weighted by Crippen LogP contribution is 2.44. The van der Waals surface area contributed by atoms with Gasteiger partial charge in [-0.1, -0.05) is 19.0 Å². The van der Waals surface area contributed by atoms with Crippen LogP contribution in [-0.2, 0) is 28.4 Å². The van der Waals surface area contributed by atoms with Gasteiger partial charge in [-0.3, -0.25) is 0 Å². The van der Waals surface area contributed by atoms with Crippen LogP contribution in [-0.4, -0.2) is 71.5 Å². The van der Waals surface area contributed by atoms with E-state index in [1.165, 1.54) is 0 Å². The summed E-state index contributed by atoms with van der Waals surface area (Å²) in [6, 6.07) is 0. The molecule has 0 spiro atoms. The van der Waals surface area contributed by atoms with E-state index in [4.69, 9.17) is 34.0 Å². The topological polar surface area (TPSA) is 104 Å². The zero-order chi connectivity index (χ0) is 17.7. The summed E-state index contributed by atoms with van der Waals surface area (Å²) >= 11 is 0. The van der Waals surface area contributed by atoms with Crippen molar-refractivity contribution in [2.45, 2.75) is 57.0 Å². The Morgan fingerprint density at radius 1 is 1.25 bits per heavy atom. The highest BCUT2D eigenvalue weighted by Gasteiger charge is 2.55. The summed E-state index contributed by atoms with van der Waals surface area (Å²) in [5.41, 5.74) is 8.43. The molecule has 0 aromatic rings. The zero-order valence-electron chi connectivity index (χ0n) is 14.9. The van der Waals surface area contributed by atoms with Crippen LogP contribution in [0.3, 0.4) is 0 Å². The zero-order valence-corrected chi connectivity index (χ0v) is 14.9. The molecule has 9 nitrogen and oxygen atoms in total. The molecule has 2 rings (SSSR count). The van der Waals surface area contributed by atoms with Crippen LogP contribution in [0.5, 0.6) is 0 Å². The van der Waals surface area contributed by atoms with Crippen molar-refractivity contribution in [1.82, 2.24) is 0 Å². The lowest BCUT2D eigenvalue weighted by Crippen LogP contribution is -2.65. The fourth-order valence-electron chi connectivity index (χ4n) is 3.52.